The zero-order chi connectivity index (χ0) is 15.1. The minimum Gasteiger partial charge on any atom is -0.497 e. The maximum absolute atomic E-state index is 12.2. The van der Waals surface area contributed by atoms with E-state index in [1.165, 1.54) is 0 Å². The molecule has 0 aliphatic heterocycles. The predicted molar refractivity (Wildman–Crippen MR) is 80.2 cm³/mol. The van der Waals surface area contributed by atoms with E-state index in [9.17, 15) is 4.79 Å². The number of nitrogens with one attached hydrogen (secondary N) is 1. The van der Waals surface area contributed by atoms with Crippen LogP contribution in [-0.2, 0) is 9.53 Å². The van der Waals surface area contributed by atoms with Crippen molar-refractivity contribution in [1.29, 1.82) is 0 Å². The number of anilines is 1. The molecule has 21 heavy (non-hydrogen) atoms. The molecule has 0 bridgehead atoms. The van der Waals surface area contributed by atoms with Gasteiger partial charge in [0.25, 0.3) is 0 Å². The number of pyridine rings is 1. The van der Waals surface area contributed by atoms with Crippen molar-refractivity contribution in [3.05, 3.63) is 54.4 Å². The summed E-state index contributed by atoms with van der Waals surface area (Å²) in [6.45, 7) is 2.11. The Morgan fingerprint density at radius 1 is 1.33 bits per heavy atom. The van der Waals surface area contributed by atoms with Crippen LogP contribution in [0.25, 0.3) is 0 Å². The first-order valence-electron chi connectivity index (χ1n) is 6.71. The van der Waals surface area contributed by atoms with Gasteiger partial charge in [-0.2, -0.15) is 0 Å². The molecule has 1 heterocycles. The maximum atomic E-state index is 12.2. The van der Waals surface area contributed by atoms with Crippen LogP contribution in [-0.4, -0.2) is 24.7 Å². The van der Waals surface area contributed by atoms with Gasteiger partial charge in [-0.25, -0.2) is 4.79 Å². The second-order valence-corrected chi connectivity index (χ2v) is 4.35. The van der Waals surface area contributed by atoms with Crippen LogP contribution in [0, 0.1) is 0 Å². The fourth-order valence-corrected chi connectivity index (χ4v) is 1.93. The molecule has 1 N–H and O–H groups in total. The number of hydrogen-bond acceptors (Lipinski definition) is 5. The fourth-order valence-electron chi connectivity index (χ4n) is 1.93. The number of carbonyl (C=O) groups excluding carboxylic acids is 1. The molecule has 0 aliphatic carbocycles. The van der Waals surface area contributed by atoms with E-state index in [-0.39, 0.29) is 5.97 Å². The zero-order valence-electron chi connectivity index (χ0n) is 12.1. The van der Waals surface area contributed by atoms with Gasteiger partial charge >= 0.3 is 5.97 Å². The summed E-state index contributed by atoms with van der Waals surface area (Å²) in [7, 11) is 1.60. The lowest BCUT2D eigenvalue weighted by molar-refractivity contribution is -0.144. The van der Waals surface area contributed by atoms with Crippen LogP contribution in [0.1, 0.15) is 18.5 Å². The molecular weight excluding hydrogens is 268 g/mol. The van der Waals surface area contributed by atoms with Gasteiger partial charge in [0.05, 0.1) is 13.7 Å². The number of carbonyl (C=O) groups is 1. The van der Waals surface area contributed by atoms with E-state index < -0.39 is 6.04 Å². The second-order valence-electron chi connectivity index (χ2n) is 4.35. The van der Waals surface area contributed by atoms with Crippen molar-refractivity contribution < 1.29 is 14.3 Å². The summed E-state index contributed by atoms with van der Waals surface area (Å²) in [5.41, 5.74) is 1.52. The van der Waals surface area contributed by atoms with Gasteiger partial charge in [-0.05, 0) is 25.1 Å². The molecule has 2 aromatic rings. The van der Waals surface area contributed by atoms with Gasteiger partial charge in [-0.1, -0.05) is 12.1 Å². The third-order valence-corrected chi connectivity index (χ3v) is 2.92. The highest BCUT2D eigenvalue weighted by Gasteiger charge is 2.22. The highest BCUT2D eigenvalue weighted by Crippen LogP contribution is 2.23. The zero-order valence-corrected chi connectivity index (χ0v) is 12.1. The Labute approximate surface area is 123 Å². The summed E-state index contributed by atoms with van der Waals surface area (Å²) in [6, 6.07) is 10.4. The summed E-state index contributed by atoms with van der Waals surface area (Å²) >= 11 is 0. The lowest BCUT2D eigenvalue weighted by Gasteiger charge is -2.18. The fraction of sp³-hybridized carbons (Fsp3) is 0.250. The summed E-state index contributed by atoms with van der Waals surface area (Å²) in [5, 5.41) is 3.16. The molecule has 1 aromatic heterocycles. The maximum Gasteiger partial charge on any atom is 0.333 e. The normalized spacial score (nSPS) is 11.5. The summed E-state index contributed by atoms with van der Waals surface area (Å²) in [6.07, 6.45) is 3.31. The average Bonchev–Trinajstić information content (AvgIpc) is 2.54. The van der Waals surface area contributed by atoms with Crippen molar-refractivity contribution in [2.45, 2.75) is 13.0 Å². The quantitative estimate of drug-likeness (QED) is 0.827. The molecule has 0 spiro atoms. The molecule has 0 radical (unpaired) electrons. The van der Waals surface area contributed by atoms with Crippen molar-refractivity contribution in [3.63, 3.8) is 0 Å². The second kappa shape index (κ2) is 7.28. The van der Waals surface area contributed by atoms with E-state index in [0.717, 1.165) is 11.3 Å². The highest BCUT2D eigenvalue weighted by atomic mass is 16.5. The van der Waals surface area contributed by atoms with Crippen LogP contribution in [0.3, 0.4) is 0 Å². The molecule has 1 atom stereocenters. The van der Waals surface area contributed by atoms with Gasteiger partial charge in [0, 0.05) is 29.7 Å². The van der Waals surface area contributed by atoms with Crippen molar-refractivity contribution in [2.75, 3.05) is 19.0 Å². The van der Waals surface area contributed by atoms with Gasteiger partial charge in [-0.15, -0.1) is 0 Å². The van der Waals surface area contributed by atoms with Crippen LogP contribution >= 0.6 is 0 Å². The number of nitrogens with zero attached hydrogens (tertiary/aromatic N) is 1. The van der Waals surface area contributed by atoms with Crippen molar-refractivity contribution in [1.82, 2.24) is 4.98 Å². The standard InChI is InChI=1S/C16H18N2O3/c1-3-21-16(19)15(12-6-5-9-17-11-12)18-13-7-4-8-14(10-13)20-2/h4-11,15,18H,3H2,1-2H3. The molecule has 1 aromatic carbocycles. The number of ether oxygens (including phenoxy) is 2. The number of aromatic nitrogens is 1. The van der Waals surface area contributed by atoms with Gasteiger partial charge in [0.1, 0.15) is 5.75 Å². The first kappa shape index (κ1) is 14.8. The topological polar surface area (TPSA) is 60.5 Å². The molecule has 0 amide bonds. The van der Waals surface area contributed by atoms with Gasteiger partial charge in [0.15, 0.2) is 6.04 Å². The molecule has 1 unspecified atom stereocenters. The van der Waals surface area contributed by atoms with E-state index in [1.807, 2.05) is 30.3 Å². The number of methoxy groups -OCH3 is 1. The van der Waals surface area contributed by atoms with E-state index in [2.05, 4.69) is 10.3 Å². The van der Waals surface area contributed by atoms with Crippen LogP contribution in [0.4, 0.5) is 5.69 Å². The lowest BCUT2D eigenvalue weighted by Crippen LogP contribution is -2.23. The SMILES string of the molecule is CCOC(=O)C(Nc1cccc(OC)c1)c1cccnc1. The van der Waals surface area contributed by atoms with Crippen LogP contribution in [0.15, 0.2) is 48.8 Å². The Hall–Kier alpha value is -2.56. The van der Waals surface area contributed by atoms with E-state index in [1.54, 1.807) is 32.5 Å². The number of esters is 1. The molecule has 0 saturated carbocycles. The van der Waals surface area contributed by atoms with Crippen LogP contribution in [0.2, 0.25) is 0 Å². The first-order valence-corrected chi connectivity index (χ1v) is 6.71. The number of benzene rings is 1. The smallest absolute Gasteiger partial charge is 0.333 e. The molecule has 2 rings (SSSR count). The van der Waals surface area contributed by atoms with E-state index in [0.29, 0.717) is 12.4 Å². The minimum atomic E-state index is -0.606. The predicted octanol–water partition coefficient (Wildman–Crippen LogP) is 2.81. The molecule has 0 fully saturated rings. The molecular formula is C16H18N2O3. The average molecular weight is 286 g/mol. The molecule has 0 aliphatic rings. The molecule has 110 valence electrons. The molecule has 5 heteroatoms. The lowest BCUT2D eigenvalue weighted by atomic mass is 10.1. The largest absolute Gasteiger partial charge is 0.497 e. The molecule has 0 saturated heterocycles. The van der Waals surface area contributed by atoms with Crippen LogP contribution < -0.4 is 10.1 Å². The van der Waals surface area contributed by atoms with Crippen molar-refractivity contribution in [2.24, 2.45) is 0 Å². The molecule has 5 nitrogen and oxygen atoms in total. The Morgan fingerprint density at radius 3 is 2.86 bits per heavy atom. The van der Waals surface area contributed by atoms with Gasteiger partial charge in [-0.3, -0.25) is 4.98 Å². The van der Waals surface area contributed by atoms with Gasteiger partial charge < -0.3 is 14.8 Å². The van der Waals surface area contributed by atoms with E-state index in [4.69, 9.17) is 9.47 Å². The van der Waals surface area contributed by atoms with Crippen molar-refractivity contribution in [3.8, 4) is 5.75 Å². The summed E-state index contributed by atoms with van der Waals surface area (Å²) < 4.78 is 10.3. The summed E-state index contributed by atoms with van der Waals surface area (Å²) in [5.74, 6) is 0.377. The Balaban J connectivity index is 2.25. The third kappa shape index (κ3) is 3.95. The first-order chi connectivity index (χ1) is 10.2. The minimum absolute atomic E-state index is 0.329. The number of hydrogen-bond donors (Lipinski definition) is 1. The third-order valence-electron chi connectivity index (χ3n) is 2.92. The Bertz CT molecular complexity index is 587. The van der Waals surface area contributed by atoms with Gasteiger partial charge in [0.2, 0.25) is 0 Å². The summed E-state index contributed by atoms with van der Waals surface area (Å²) in [4.78, 5) is 16.2. The number of rotatable bonds is 6. The van der Waals surface area contributed by atoms with Crippen molar-refractivity contribution >= 4 is 11.7 Å². The monoisotopic (exact) mass is 286 g/mol. The van der Waals surface area contributed by atoms with Crippen LogP contribution in [0.5, 0.6) is 5.75 Å². The highest BCUT2D eigenvalue weighted by molar-refractivity contribution is 5.81. The Kier molecular flexibility index (Phi) is 5.15. The van der Waals surface area contributed by atoms with E-state index >= 15 is 0 Å². The Morgan fingerprint density at radius 2 is 2.19 bits per heavy atom.